The van der Waals surface area contributed by atoms with Gasteiger partial charge in [0, 0.05) is 53.2 Å². The maximum absolute atomic E-state index is 12.8. The number of aromatic nitrogens is 6. The van der Waals surface area contributed by atoms with Crippen LogP contribution >= 0.6 is 23.2 Å². The molecule has 3 heterocycles. The van der Waals surface area contributed by atoms with Crippen molar-refractivity contribution in [3.63, 3.8) is 0 Å². The number of benzene rings is 3. The Morgan fingerprint density at radius 2 is 1.51 bits per heavy atom. The van der Waals surface area contributed by atoms with Gasteiger partial charge in [-0.1, -0.05) is 36.2 Å². The molecule has 1 saturated heterocycles. The van der Waals surface area contributed by atoms with Crippen LogP contribution in [0.25, 0.3) is 5.69 Å². The van der Waals surface area contributed by atoms with Gasteiger partial charge in [0.2, 0.25) is 0 Å². The number of halogens is 2. The molecule has 0 bridgehead atoms. The number of aliphatic hydroxyl groups excluding tert-OH is 1. The molecule has 12 nitrogen and oxygen atoms in total. The first-order valence-electron chi connectivity index (χ1n) is 16.4. The Labute approximate surface area is 295 Å². The van der Waals surface area contributed by atoms with Gasteiger partial charge in [0.1, 0.15) is 43.5 Å². The highest BCUT2D eigenvalue weighted by Gasteiger charge is 2.21. The van der Waals surface area contributed by atoms with Crippen molar-refractivity contribution in [1.82, 2.24) is 29.1 Å². The van der Waals surface area contributed by atoms with Crippen LogP contribution < -0.4 is 20.2 Å². The molecule has 0 radical (unpaired) electrons. The fourth-order valence-corrected chi connectivity index (χ4v) is 6.27. The maximum atomic E-state index is 12.8. The number of rotatable bonds is 14. The molecule has 6 rings (SSSR count). The smallest absolute Gasteiger partial charge is 0.350 e. The summed E-state index contributed by atoms with van der Waals surface area (Å²) in [5.74, 6) is 0.662. The number of hydrogen-bond donors (Lipinski definition) is 1. The molecule has 0 saturated carbocycles. The van der Waals surface area contributed by atoms with Crippen molar-refractivity contribution in [2.24, 2.45) is 0 Å². The van der Waals surface area contributed by atoms with E-state index in [-0.39, 0.29) is 24.9 Å². The van der Waals surface area contributed by atoms with E-state index < -0.39 is 12.2 Å². The van der Waals surface area contributed by atoms with E-state index in [2.05, 4.69) is 37.1 Å². The molecule has 0 aliphatic carbocycles. The van der Waals surface area contributed by atoms with E-state index >= 15 is 0 Å². The van der Waals surface area contributed by atoms with Crippen LogP contribution in [0.1, 0.15) is 38.0 Å². The monoisotopic (exact) mass is 706 g/mol. The topological polar surface area (TPSA) is 116 Å². The van der Waals surface area contributed by atoms with Crippen LogP contribution in [0.3, 0.4) is 0 Å². The SMILES string of the molecule is CCC(C)n1ncn(-c2ccc(N3CCN(c4ccc(OC[C@H](O)CO[C@H](Cn5cncn5)c5ccc(Cl)cc5Cl)cc4)CC3)cc2)c1=O. The maximum Gasteiger partial charge on any atom is 0.350 e. The Bertz CT molecular complexity index is 1840. The number of ether oxygens (including phenoxy) is 2. The Balaban J connectivity index is 0.971. The lowest BCUT2D eigenvalue weighted by molar-refractivity contribution is -0.0326. The van der Waals surface area contributed by atoms with Gasteiger partial charge in [0.05, 0.1) is 24.9 Å². The van der Waals surface area contributed by atoms with Crippen LogP contribution in [0.15, 0.2) is 90.5 Å². The summed E-state index contributed by atoms with van der Waals surface area (Å²) >= 11 is 12.5. The van der Waals surface area contributed by atoms with Crippen LogP contribution in [0.5, 0.6) is 5.75 Å². The Morgan fingerprint density at radius 3 is 2.12 bits per heavy atom. The predicted octanol–water partition coefficient (Wildman–Crippen LogP) is 5.43. The molecule has 0 amide bonds. The van der Waals surface area contributed by atoms with E-state index in [1.54, 1.807) is 34.0 Å². The summed E-state index contributed by atoms with van der Waals surface area (Å²) in [5, 5.41) is 20.1. The van der Waals surface area contributed by atoms with Crippen LogP contribution in [0, 0.1) is 0 Å². The number of anilines is 2. The average Bonchev–Trinajstić information content (AvgIpc) is 3.79. The summed E-state index contributed by atoms with van der Waals surface area (Å²) in [6, 6.07) is 21.3. The minimum Gasteiger partial charge on any atom is -0.491 e. The lowest BCUT2D eigenvalue weighted by atomic mass is 10.1. The van der Waals surface area contributed by atoms with Gasteiger partial charge in [-0.05, 0) is 74.0 Å². The first-order valence-corrected chi connectivity index (χ1v) is 17.1. The van der Waals surface area contributed by atoms with E-state index in [1.165, 1.54) is 11.0 Å². The fraction of sp³-hybridized carbons (Fsp3) is 0.371. The van der Waals surface area contributed by atoms with Crippen molar-refractivity contribution in [3.05, 3.63) is 112 Å². The number of hydrogen-bond acceptors (Lipinski definition) is 9. The normalized spacial score (nSPS) is 15.3. The predicted molar refractivity (Wildman–Crippen MR) is 190 cm³/mol. The molecule has 3 aromatic carbocycles. The first kappa shape index (κ1) is 34.5. The minimum atomic E-state index is -0.866. The molecule has 14 heteroatoms. The third-order valence-electron chi connectivity index (χ3n) is 8.74. The van der Waals surface area contributed by atoms with Crippen LogP contribution in [-0.2, 0) is 11.3 Å². The van der Waals surface area contributed by atoms with Crippen molar-refractivity contribution >= 4 is 34.6 Å². The largest absolute Gasteiger partial charge is 0.491 e. The summed E-state index contributed by atoms with van der Waals surface area (Å²) < 4.78 is 16.7. The lowest BCUT2D eigenvalue weighted by Gasteiger charge is -2.37. The van der Waals surface area contributed by atoms with E-state index in [9.17, 15) is 9.90 Å². The highest BCUT2D eigenvalue weighted by molar-refractivity contribution is 6.35. The van der Waals surface area contributed by atoms with E-state index in [1.807, 2.05) is 56.3 Å². The first-order chi connectivity index (χ1) is 23.8. The zero-order chi connectivity index (χ0) is 34.3. The van der Waals surface area contributed by atoms with Gasteiger partial charge in [-0.15, -0.1) is 0 Å². The van der Waals surface area contributed by atoms with E-state index in [0.717, 1.165) is 55.2 Å². The third kappa shape index (κ3) is 8.45. The summed E-state index contributed by atoms with van der Waals surface area (Å²) in [4.78, 5) is 21.5. The second-order valence-electron chi connectivity index (χ2n) is 12.0. The molecule has 3 atom stereocenters. The van der Waals surface area contributed by atoms with Gasteiger partial charge < -0.3 is 24.4 Å². The third-order valence-corrected chi connectivity index (χ3v) is 9.30. The molecular formula is C35H40Cl2N8O4. The summed E-state index contributed by atoms with van der Waals surface area (Å²) in [6.07, 6.45) is 4.14. The Kier molecular flexibility index (Phi) is 11.2. The van der Waals surface area contributed by atoms with Crippen molar-refractivity contribution in [3.8, 4) is 11.4 Å². The highest BCUT2D eigenvalue weighted by atomic mass is 35.5. The summed E-state index contributed by atoms with van der Waals surface area (Å²) in [7, 11) is 0. The van der Waals surface area contributed by atoms with Crippen molar-refractivity contribution < 1.29 is 14.6 Å². The summed E-state index contributed by atoms with van der Waals surface area (Å²) in [6.45, 7) is 7.98. The molecule has 1 aliphatic rings. The molecule has 2 aromatic heterocycles. The van der Waals surface area contributed by atoms with Crippen molar-refractivity contribution in [1.29, 1.82) is 0 Å². The molecule has 1 N–H and O–H groups in total. The van der Waals surface area contributed by atoms with Gasteiger partial charge in [-0.2, -0.15) is 10.2 Å². The van der Waals surface area contributed by atoms with Gasteiger partial charge in [0.25, 0.3) is 0 Å². The average molecular weight is 708 g/mol. The second kappa shape index (κ2) is 15.9. The summed E-state index contributed by atoms with van der Waals surface area (Å²) in [5.41, 5.74) is 3.66. The van der Waals surface area contributed by atoms with Crippen LogP contribution in [0.2, 0.25) is 10.0 Å². The van der Waals surface area contributed by atoms with Gasteiger partial charge in [-0.25, -0.2) is 19.0 Å². The van der Waals surface area contributed by atoms with E-state index in [4.69, 9.17) is 32.7 Å². The Morgan fingerprint density at radius 1 is 0.857 bits per heavy atom. The quantitative estimate of drug-likeness (QED) is 0.161. The zero-order valence-electron chi connectivity index (χ0n) is 27.5. The minimum absolute atomic E-state index is 0.0326. The molecule has 0 spiro atoms. The lowest BCUT2D eigenvalue weighted by Crippen LogP contribution is -2.46. The molecule has 1 aliphatic heterocycles. The van der Waals surface area contributed by atoms with Gasteiger partial charge >= 0.3 is 5.69 Å². The van der Waals surface area contributed by atoms with E-state index in [0.29, 0.717) is 22.3 Å². The number of nitrogens with zero attached hydrogens (tertiary/aromatic N) is 8. The van der Waals surface area contributed by atoms with Crippen LogP contribution in [-0.4, -0.2) is 79.7 Å². The highest BCUT2D eigenvalue weighted by Crippen LogP contribution is 2.30. The fourth-order valence-electron chi connectivity index (χ4n) is 5.74. The van der Waals surface area contributed by atoms with Crippen LogP contribution in [0.4, 0.5) is 11.4 Å². The molecule has 258 valence electrons. The zero-order valence-corrected chi connectivity index (χ0v) is 29.0. The molecule has 5 aromatic rings. The second-order valence-corrected chi connectivity index (χ2v) is 12.9. The molecule has 1 unspecified atom stereocenters. The molecular weight excluding hydrogens is 667 g/mol. The Hall–Kier alpha value is -4.36. The molecule has 1 fully saturated rings. The molecule has 49 heavy (non-hydrogen) atoms. The number of piperazine rings is 1. The standard InChI is InChI=1S/C35H40Cl2N8O4/c1-3-25(2)45-35(47)44(24-40-45)29-7-5-27(6-8-29)41-14-16-42(17-15-41)28-9-11-31(12-10-28)48-20-30(46)21-49-34(19-43-23-38-22-39-43)32-13-4-26(36)18-33(32)37/h4-13,18,22-25,30,34,46H,3,14-17,19-21H2,1-2H3/t25?,30-,34+/m0/s1. The van der Waals surface area contributed by atoms with Gasteiger partial charge in [-0.3, -0.25) is 4.68 Å². The number of aliphatic hydroxyl groups is 1. The van der Waals surface area contributed by atoms with Gasteiger partial charge in [0.15, 0.2) is 0 Å². The van der Waals surface area contributed by atoms with Crippen molar-refractivity contribution in [2.75, 3.05) is 49.2 Å². The van der Waals surface area contributed by atoms with Crippen molar-refractivity contribution in [2.45, 2.75) is 45.1 Å².